The predicted octanol–water partition coefficient (Wildman–Crippen LogP) is 0.143. The molecule has 0 bridgehead atoms. The van der Waals surface area contributed by atoms with Crippen LogP contribution in [0.25, 0.3) is 0 Å². The SMILES string of the molecule is CC(S)C(=O)NCCCN1CCOCC1. The van der Waals surface area contributed by atoms with E-state index in [9.17, 15) is 4.79 Å². The van der Waals surface area contributed by atoms with Gasteiger partial charge in [0.15, 0.2) is 0 Å². The minimum absolute atomic E-state index is 0.0142. The summed E-state index contributed by atoms with van der Waals surface area (Å²) in [4.78, 5) is 13.5. The molecule has 0 radical (unpaired) electrons. The van der Waals surface area contributed by atoms with E-state index < -0.39 is 0 Å². The number of rotatable bonds is 5. The van der Waals surface area contributed by atoms with Gasteiger partial charge in [0.2, 0.25) is 5.91 Å². The maximum Gasteiger partial charge on any atom is 0.232 e. The van der Waals surface area contributed by atoms with E-state index in [0.29, 0.717) is 0 Å². The highest BCUT2D eigenvalue weighted by Crippen LogP contribution is 1.97. The number of thiol groups is 1. The molecule has 88 valence electrons. The van der Waals surface area contributed by atoms with Crippen LogP contribution in [0.5, 0.6) is 0 Å². The van der Waals surface area contributed by atoms with Gasteiger partial charge in [-0.15, -0.1) is 0 Å². The third-order valence-corrected chi connectivity index (χ3v) is 2.67. The first-order valence-electron chi connectivity index (χ1n) is 5.46. The summed E-state index contributed by atoms with van der Waals surface area (Å²) in [5, 5.41) is 2.63. The zero-order chi connectivity index (χ0) is 11.1. The van der Waals surface area contributed by atoms with Gasteiger partial charge in [-0.3, -0.25) is 9.69 Å². The number of ether oxygens (including phenoxy) is 1. The molecule has 5 heteroatoms. The molecule has 0 saturated carbocycles. The monoisotopic (exact) mass is 232 g/mol. The Balaban J connectivity index is 1.98. The fraction of sp³-hybridized carbons (Fsp3) is 0.900. The Morgan fingerprint density at radius 1 is 1.53 bits per heavy atom. The van der Waals surface area contributed by atoms with Crippen LogP contribution in [0.1, 0.15) is 13.3 Å². The van der Waals surface area contributed by atoms with Gasteiger partial charge in [0.1, 0.15) is 0 Å². The van der Waals surface area contributed by atoms with Gasteiger partial charge in [0, 0.05) is 19.6 Å². The second-order valence-corrected chi connectivity index (χ2v) is 4.55. The van der Waals surface area contributed by atoms with Gasteiger partial charge in [-0.2, -0.15) is 12.6 Å². The molecular weight excluding hydrogens is 212 g/mol. The molecule has 1 fully saturated rings. The number of hydrogen-bond donors (Lipinski definition) is 2. The van der Waals surface area contributed by atoms with Crippen LogP contribution in [0.15, 0.2) is 0 Å². The summed E-state index contributed by atoms with van der Waals surface area (Å²) in [5.41, 5.74) is 0. The summed E-state index contributed by atoms with van der Waals surface area (Å²) >= 11 is 4.06. The van der Waals surface area contributed by atoms with Crippen LogP contribution in [0.2, 0.25) is 0 Å². The summed E-state index contributed by atoms with van der Waals surface area (Å²) in [6.07, 6.45) is 0.992. The third kappa shape index (κ3) is 5.39. The number of nitrogens with zero attached hydrogens (tertiary/aromatic N) is 1. The first-order chi connectivity index (χ1) is 7.20. The van der Waals surface area contributed by atoms with Crippen molar-refractivity contribution < 1.29 is 9.53 Å². The number of hydrogen-bond acceptors (Lipinski definition) is 4. The molecule has 1 atom stereocenters. The normalized spacial score (nSPS) is 19.9. The zero-order valence-corrected chi connectivity index (χ0v) is 10.1. The minimum Gasteiger partial charge on any atom is -0.379 e. The van der Waals surface area contributed by atoms with Crippen molar-refractivity contribution in [2.75, 3.05) is 39.4 Å². The molecule has 1 aliphatic rings. The molecule has 0 aromatic rings. The minimum atomic E-state index is -0.214. The molecule has 0 aromatic carbocycles. The van der Waals surface area contributed by atoms with Gasteiger partial charge in [-0.1, -0.05) is 0 Å². The molecule has 0 spiro atoms. The first-order valence-corrected chi connectivity index (χ1v) is 5.97. The number of nitrogens with one attached hydrogen (secondary N) is 1. The summed E-state index contributed by atoms with van der Waals surface area (Å²) in [6, 6.07) is 0. The lowest BCUT2D eigenvalue weighted by atomic mass is 10.3. The molecule has 1 saturated heterocycles. The van der Waals surface area contributed by atoms with E-state index in [1.807, 2.05) is 0 Å². The van der Waals surface area contributed by atoms with Gasteiger partial charge in [-0.05, 0) is 19.9 Å². The van der Waals surface area contributed by atoms with Crippen molar-refractivity contribution in [3.8, 4) is 0 Å². The van der Waals surface area contributed by atoms with E-state index in [4.69, 9.17) is 4.74 Å². The van der Waals surface area contributed by atoms with Crippen LogP contribution in [0, 0.1) is 0 Å². The van der Waals surface area contributed by atoms with Crippen LogP contribution >= 0.6 is 12.6 Å². The van der Waals surface area contributed by atoms with Crippen molar-refractivity contribution in [3.63, 3.8) is 0 Å². The number of amides is 1. The van der Waals surface area contributed by atoms with Crippen molar-refractivity contribution in [3.05, 3.63) is 0 Å². The van der Waals surface area contributed by atoms with Gasteiger partial charge in [-0.25, -0.2) is 0 Å². The summed E-state index contributed by atoms with van der Waals surface area (Å²) < 4.78 is 5.25. The number of morpholine rings is 1. The van der Waals surface area contributed by atoms with Crippen molar-refractivity contribution in [2.45, 2.75) is 18.6 Å². The summed E-state index contributed by atoms with van der Waals surface area (Å²) in [5.74, 6) is 0.0142. The number of carbonyl (C=O) groups excluding carboxylic acids is 1. The molecule has 0 aliphatic carbocycles. The predicted molar refractivity (Wildman–Crippen MR) is 63.3 cm³/mol. The Bertz CT molecular complexity index is 194. The molecule has 1 heterocycles. The van der Waals surface area contributed by atoms with Crippen LogP contribution in [-0.2, 0) is 9.53 Å². The van der Waals surface area contributed by atoms with Crippen molar-refractivity contribution in [1.29, 1.82) is 0 Å². The van der Waals surface area contributed by atoms with Gasteiger partial charge >= 0.3 is 0 Å². The van der Waals surface area contributed by atoms with Crippen LogP contribution in [-0.4, -0.2) is 55.4 Å². The average molecular weight is 232 g/mol. The van der Waals surface area contributed by atoms with E-state index >= 15 is 0 Å². The molecular formula is C10H20N2O2S. The van der Waals surface area contributed by atoms with E-state index in [1.54, 1.807) is 6.92 Å². The quantitative estimate of drug-likeness (QED) is 0.523. The zero-order valence-electron chi connectivity index (χ0n) is 9.24. The number of carbonyl (C=O) groups is 1. The van der Waals surface area contributed by atoms with Crippen molar-refractivity contribution >= 4 is 18.5 Å². The van der Waals surface area contributed by atoms with Gasteiger partial charge in [0.25, 0.3) is 0 Å². The standard InChI is InChI=1S/C10H20N2O2S/c1-9(15)10(13)11-3-2-4-12-5-7-14-8-6-12/h9,15H,2-8H2,1H3,(H,11,13). The highest BCUT2D eigenvalue weighted by atomic mass is 32.1. The van der Waals surface area contributed by atoms with Crippen molar-refractivity contribution in [2.24, 2.45) is 0 Å². The molecule has 1 unspecified atom stereocenters. The second-order valence-electron chi connectivity index (χ2n) is 3.77. The Hall–Kier alpha value is -0.260. The highest BCUT2D eigenvalue weighted by Gasteiger charge is 2.10. The maximum atomic E-state index is 11.2. The van der Waals surface area contributed by atoms with E-state index in [2.05, 4.69) is 22.8 Å². The Morgan fingerprint density at radius 3 is 2.80 bits per heavy atom. The average Bonchev–Trinajstić information content (AvgIpc) is 2.25. The fourth-order valence-corrected chi connectivity index (χ4v) is 1.58. The molecule has 4 nitrogen and oxygen atoms in total. The highest BCUT2D eigenvalue weighted by molar-refractivity contribution is 7.81. The lowest BCUT2D eigenvalue weighted by Crippen LogP contribution is -2.38. The topological polar surface area (TPSA) is 41.6 Å². The van der Waals surface area contributed by atoms with Crippen LogP contribution in [0.3, 0.4) is 0 Å². The summed E-state index contributed by atoms with van der Waals surface area (Å²) in [6.45, 7) is 7.24. The molecule has 1 aliphatic heterocycles. The largest absolute Gasteiger partial charge is 0.379 e. The lowest BCUT2D eigenvalue weighted by Gasteiger charge is -2.26. The Labute approximate surface area is 96.8 Å². The van der Waals surface area contributed by atoms with E-state index in [-0.39, 0.29) is 11.2 Å². The van der Waals surface area contributed by atoms with Crippen molar-refractivity contribution in [1.82, 2.24) is 10.2 Å². The summed E-state index contributed by atoms with van der Waals surface area (Å²) in [7, 11) is 0. The maximum absolute atomic E-state index is 11.2. The molecule has 0 aromatic heterocycles. The molecule has 1 amide bonds. The lowest BCUT2D eigenvalue weighted by molar-refractivity contribution is -0.120. The van der Waals surface area contributed by atoms with Gasteiger partial charge in [0.05, 0.1) is 18.5 Å². The Morgan fingerprint density at radius 2 is 2.20 bits per heavy atom. The van der Waals surface area contributed by atoms with E-state index in [1.165, 1.54) is 0 Å². The molecule has 1 N–H and O–H groups in total. The Kier molecular flexibility index (Phi) is 6.05. The first kappa shape index (κ1) is 12.8. The molecule has 1 rings (SSSR count). The van der Waals surface area contributed by atoms with E-state index in [0.717, 1.165) is 45.8 Å². The smallest absolute Gasteiger partial charge is 0.232 e. The van der Waals surface area contributed by atoms with Crippen LogP contribution in [0.4, 0.5) is 0 Å². The van der Waals surface area contributed by atoms with Gasteiger partial charge < -0.3 is 10.1 Å². The second kappa shape index (κ2) is 7.09. The van der Waals surface area contributed by atoms with Crippen LogP contribution < -0.4 is 5.32 Å². The molecule has 15 heavy (non-hydrogen) atoms. The fourth-order valence-electron chi connectivity index (χ4n) is 1.49. The third-order valence-electron chi connectivity index (χ3n) is 2.43.